The lowest BCUT2D eigenvalue weighted by Crippen LogP contribution is -2.20. The quantitative estimate of drug-likeness (QED) is 0.888. The van der Waals surface area contributed by atoms with Crippen LogP contribution in [0, 0.1) is 0 Å². The van der Waals surface area contributed by atoms with Gasteiger partial charge in [-0.15, -0.1) is 13.2 Å². The Morgan fingerprint density at radius 3 is 2.56 bits per heavy atom. The molecule has 102 valence electrons. The van der Waals surface area contributed by atoms with Gasteiger partial charge < -0.3 is 14.6 Å². The normalized spacial score (nSPS) is 15.2. The van der Waals surface area contributed by atoms with E-state index in [0.29, 0.717) is 12.2 Å². The van der Waals surface area contributed by atoms with Gasteiger partial charge in [-0.2, -0.15) is 0 Å². The number of rotatable bonds is 5. The molecule has 18 heavy (non-hydrogen) atoms. The van der Waals surface area contributed by atoms with Crippen molar-refractivity contribution in [2.75, 3.05) is 6.61 Å². The van der Waals surface area contributed by atoms with Crippen LogP contribution in [0.5, 0.6) is 5.75 Å². The van der Waals surface area contributed by atoms with E-state index < -0.39 is 18.6 Å². The fourth-order valence-electron chi connectivity index (χ4n) is 1.52. The molecular formula is C12H15F3O3. The van der Waals surface area contributed by atoms with Gasteiger partial charge in [0.05, 0.1) is 6.10 Å². The van der Waals surface area contributed by atoms with Gasteiger partial charge in [0.1, 0.15) is 11.9 Å². The van der Waals surface area contributed by atoms with E-state index in [4.69, 9.17) is 4.74 Å². The van der Waals surface area contributed by atoms with E-state index in [1.54, 1.807) is 13.8 Å². The van der Waals surface area contributed by atoms with E-state index in [1.165, 1.54) is 18.2 Å². The molecule has 0 fully saturated rings. The Morgan fingerprint density at radius 2 is 2.00 bits per heavy atom. The lowest BCUT2D eigenvalue weighted by Gasteiger charge is -2.19. The van der Waals surface area contributed by atoms with E-state index in [2.05, 4.69) is 4.74 Å². The zero-order chi connectivity index (χ0) is 13.8. The molecule has 1 rings (SSSR count). The molecule has 0 aliphatic heterocycles. The molecule has 0 heterocycles. The molecule has 0 aliphatic rings. The number of hydrogen-bond donors (Lipinski definition) is 1. The highest BCUT2D eigenvalue weighted by Gasteiger charge is 2.31. The number of ether oxygens (including phenoxy) is 2. The predicted molar refractivity (Wildman–Crippen MR) is 59.2 cm³/mol. The number of aliphatic hydroxyl groups excluding tert-OH is 1. The second kappa shape index (κ2) is 6.06. The first-order valence-corrected chi connectivity index (χ1v) is 5.49. The minimum absolute atomic E-state index is 0.317. The molecule has 6 heteroatoms. The second-order valence-corrected chi connectivity index (χ2v) is 3.73. The van der Waals surface area contributed by atoms with Crippen LogP contribution in [0.25, 0.3) is 0 Å². The third-order valence-corrected chi connectivity index (χ3v) is 2.31. The average molecular weight is 264 g/mol. The molecule has 0 bridgehead atoms. The van der Waals surface area contributed by atoms with Gasteiger partial charge >= 0.3 is 6.36 Å². The van der Waals surface area contributed by atoms with Crippen molar-refractivity contribution >= 4 is 0 Å². The van der Waals surface area contributed by atoms with Crippen LogP contribution < -0.4 is 4.74 Å². The topological polar surface area (TPSA) is 38.7 Å². The minimum atomic E-state index is -4.74. The Hall–Kier alpha value is -1.27. The Labute approximate surface area is 103 Å². The third kappa shape index (κ3) is 4.54. The first kappa shape index (κ1) is 14.8. The lowest BCUT2D eigenvalue weighted by atomic mass is 10.1. The monoisotopic (exact) mass is 264 g/mol. The summed E-state index contributed by atoms with van der Waals surface area (Å²) in [5.41, 5.74) is 0.317. The summed E-state index contributed by atoms with van der Waals surface area (Å²) in [6, 6.07) is 5.23. The summed E-state index contributed by atoms with van der Waals surface area (Å²) >= 11 is 0. The van der Waals surface area contributed by atoms with E-state index in [1.807, 2.05) is 0 Å². The Bertz CT molecular complexity index is 379. The van der Waals surface area contributed by atoms with E-state index in [9.17, 15) is 18.3 Å². The highest BCUT2D eigenvalue weighted by Crippen LogP contribution is 2.27. The number of benzene rings is 1. The third-order valence-electron chi connectivity index (χ3n) is 2.31. The molecule has 2 unspecified atom stereocenters. The maximum atomic E-state index is 12.0. The van der Waals surface area contributed by atoms with E-state index in [0.717, 1.165) is 6.07 Å². The largest absolute Gasteiger partial charge is 0.573 e. The van der Waals surface area contributed by atoms with Crippen LogP contribution in [0.2, 0.25) is 0 Å². The van der Waals surface area contributed by atoms with Crippen molar-refractivity contribution in [2.45, 2.75) is 32.4 Å². The fraction of sp³-hybridized carbons (Fsp3) is 0.500. The SMILES string of the molecule is CCOC(C)C(O)c1cccc(OC(F)(F)F)c1. The Kier molecular flexibility index (Phi) is 4.98. The van der Waals surface area contributed by atoms with Crippen molar-refractivity contribution in [2.24, 2.45) is 0 Å². The van der Waals surface area contributed by atoms with Crippen LogP contribution in [0.15, 0.2) is 24.3 Å². The molecule has 0 saturated carbocycles. The molecule has 1 N–H and O–H groups in total. The van der Waals surface area contributed by atoms with Crippen LogP contribution in [0.1, 0.15) is 25.5 Å². The molecule has 0 aromatic heterocycles. The second-order valence-electron chi connectivity index (χ2n) is 3.73. The summed E-state index contributed by atoms with van der Waals surface area (Å²) in [6.45, 7) is 3.83. The van der Waals surface area contributed by atoms with Gasteiger partial charge in [0.2, 0.25) is 0 Å². The standard InChI is InChI=1S/C12H15F3O3/c1-3-17-8(2)11(16)9-5-4-6-10(7-9)18-12(13,14)15/h4-8,11,16H,3H2,1-2H3. The molecule has 3 nitrogen and oxygen atoms in total. The maximum absolute atomic E-state index is 12.0. The molecule has 1 aromatic carbocycles. The number of alkyl halides is 3. The first-order chi connectivity index (χ1) is 8.33. The highest BCUT2D eigenvalue weighted by molar-refractivity contribution is 5.30. The van der Waals surface area contributed by atoms with Gasteiger partial charge in [-0.25, -0.2) is 0 Å². The van der Waals surface area contributed by atoms with Gasteiger partial charge in [-0.3, -0.25) is 0 Å². The number of hydrogen-bond acceptors (Lipinski definition) is 3. The van der Waals surface area contributed by atoms with Crippen molar-refractivity contribution < 1.29 is 27.8 Å². The number of halogens is 3. The molecule has 2 atom stereocenters. The average Bonchev–Trinajstić information content (AvgIpc) is 2.26. The molecular weight excluding hydrogens is 249 g/mol. The molecule has 0 saturated heterocycles. The summed E-state index contributed by atoms with van der Waals surface area (Å²) < 4.78 is 45.1. The summed E-state index contributed by atoms with van der Waals surface area (Å²) in [5.74, 6) is -0.359. The van der Waals surface area contributed by atoms with Gasteiger partial charge in [0, 0.05) is 6.61 Å². The van der Waals surface area contributed by atoms with Crippen molar-refractivity contribution in [3.8, 4) is 5.75 Å². The van der Waals surface area contributed by atoms with Crippen molar-refractivity contribution in [3.05, 3.63) is 29.8 Å². The molecule has 0 radical (unpaired) electrons. The van der Waals surface area contributed by atoms with E-state index in [-0.39, 0.29) is 5.75 Å². The van der Waals surface area contributed by atoms with Crippen LogP contribution in [0.4, 0.5) is 13.2 Å². The van der Waals surface area contributed by atoms with Crippen LogP contribution in [0.3, 0.4) is 0 Å². The van der Waals surface area contributed by atoms with Gasteiger partial charge in [0.25, 0.3) is 0 Å². The summed E-state index contributed by atoms with van der Waals surface area (Å²) in [4.78, 5) is 0. The van der Waals surface area contributed by atoms with Gasteiger partial charge in [0.15, 0.2) is 0 Å². The highest BCUT2D eigenvalue weighted by atomic mass is 19.4. The maximum Gasteiger partial charge on any atom is 0.573 e. The number of aliphatic hydroxyl groups is 1. The van der Waals surface area contributed by atoms with Crippen molar-refractivity contribution in [1.29, 1.82) is 0 Å². The molecule has 0 spiro atoms. The van der Waals surface area contributed by atoms with Crippen LogP contribution in [-0.2, 0) is 4.74 Å². The molecule has 0 amide bonds. The van der Waals surface area contributed by atoms with Crippen molar-refractivity contribution in [3.63, 3.8) is 0 Å². The van der Waals surface area contributed by atoms with Crippen LogP contribution in [-0.4, -0.2) is 24.2 Å². The zero-order valence-electron chi connectivity index (χ0n) is 10.1. The zero-order valence-corrected chi connectivity index (χ0v) is 10.1. The Morgan fingerprint density at radius 1 is 1.33 bits per heavy atom. The summed E-state index contributed by atoms with van der Waals surface area (Å²) in [7, 11) is 0. The van der Waals surface area contributed by atoms with Crippen LogP contribution >= 0.6 is 0 Å². The minimum Gasteiger partial charge on any atom is -0.406 e. The first-order valence-electron chi connectivity index (χ1n) is 5.49. The van der Waals surface area contributed by atoms with Crippen molar-refractivity contribution in [1.82, 2.24) is 0 Å². The molecule has 1 aromatic rings. The Balaban J connectivity index is 2.81. The predicted octanol–water partition coefficient (Wildman–Crippen LogP) is 3.04. The van der Waals surface area contributed by atoms with Gasteiger partial charge in [-0.1, -0.05) is 12.1 Å². The smallest absolute Gasteiger partial charge is 0.406 e. The molecule has 0 aliphatic carbocycles. The summed E-state index contributed by atoms with van der Waals surface area (Å²) in [5, 5.41) is 9.88. The summed E-state index contributed by atoms with van der Waals surface area (Å²) in [6.07, 6.45) is -6.24. The fourth-order valence-corrected chi connectivity index (χ4v) is 1.52. The van der Waals surface area contributed by atoms with E-state index >= 15 is 0 Å². The van der Waals surface area contributed by atoms with Gasteiger partial charge in [-0.05, 0) is 31.5 Å². The lowest BCUT2D eigenvalue weighted by molar-refractivity contribution is -0.274.